The number of thiazole rings is 1. The lowest BCUT2D eigenvalue weighted by atomic mass is 9.79. The highest BCUT2D eigenvalue weighted by Gasteiger charge is 2.38. The van der Waals surface area contributed by atoms with Gasteiger partial charge in [-0.1, -0.05) is 0 Å². The van der Waals surface area contributed by atoms with Crippen molar-refractivity contribution in [3.63, 3.8) is 0 Å². The van der Waals surface area contributed by atoms with Crippen molar-refractivity contribution in [2.24, 2.45) is 11.1 Å². The Morgan fingerprint density at radius 2 is 2.32 bits per heavy atom. The number of rotatable bonds is 5. The van der Waals surface area contributed by atoms with Crippen molar-refractivity contribution in [2.75, 3.05) is 26.3 Å². The fraction of sp³-hybridized carbons (Fsp3) is 0.692. The highest BCUT2D eigenvalue weighted by Crippen LogP contribution is 2.29. The number of carbonyl (C=O) groups excluding carboxylic acids is 1. The lowest BCUT2D eigenvalue weighted by molar-refractivity contribution is -0.135. The SMILES string of the molecule is Cc1csc(CCNC(=O)C2(CN)CCOCC2)n1. The number of ether oxygens (including phenoxy) is 1. The van der Waals surface area contributed by atoms with Crippen LogP contribution in [0.3, 0.4) is 0 Å². The predicted octanol–water partition coefficient (Wildman–Crippen LogP) is 0.866. The standard InChI is InChI=1S/C13H21N3O2S/c1-10-8-19-11(16-10)2-5-15-12(17)13(9-14)3-6-18-7-4-13/h8H,2-7,9,14H2,1H3,(H,15,17). The maximum atomic E-state index is 12.3. The summed E-state index contributed by atoms with van der Waals surface area (Å²) < 4.78 is 5.31. The molecule has 0 radical (unpaired) electrons. The minimum Gasteiger partial charge on any atom is -0.381 e. The summed E-state index contributed by atoms with van der Waals surface area (Å²) in [5, 5.41) is 6.08. The summed E-state index contributed by atoms with van der Waals surface area (Å²) in [6.07, 6.45) is 2.21. The molecule has 2 heterocycles. The van der Waals surface area contributed by atoms with Crippen LogP contribution in [0.4, 0.5) is 0 Å². The van der Waals surface area contributed by atoms with Gasteiger partial charge in [-0.25, -0.2) is 4.98 Å². The Hall–Kier alpha value is -0.980. The molecule has 19 heavy (non-hydrogen) atoms. The van der Waals surface area contributed by atoms with Crippen LogP contribution in [0.15, 0.2) is 5.38 Å². The van der Waals surface area contributed by atoms with E-state index in [2.05, 4.69) is 10.3 Å². The number of hydrogen-bond donors (Lipinski definition) is 2. The number of carbonyl (C=O) groups is 1. The van der Waals surface area contributed by atoms with Crippen molar-refractivity contribution >= 4 is 17.2 Å². The van der Waals surface area contributed by atoms with Gasteiger partial charge in [0.15, 0.2) is 0 Å². The molecule has 0 aromatic carbocycles. The van der Waals surface area contributed by atoms with Crippen LogP contribution in [-0.4, -0.2) is 37.2 Å². The van der Waals surface area contributed by atoms with Gasteiger partial charge in [0, 0.05) is 43.8 Å². The number of nitrogens with zero attached hydrogens (tertiary/aromatic N) is 1. The number of hydrogen-bond acceptors (Lipinski definition) is 5. The van der Waals surface area contributed by atoms with Crippen molar-refractivity contribution in [3.05, 3.63) is 16.1 Å². The van der Waals surface area contributed by atoms with Gasteiger partial charge in [-0.15, -0.1) is 11.3 Å². The topological polar surface area (TPSA) is 77.2 Å². The average molecular weight is 283 g/mol. The van der Waals surface area contributed by atoms with Crippen molar-refractivity contribution in [2.45, 2.75) is 26.2 Å². The molecular weight excluding hydrogens is 262 g/mol. The lowest BCUT2D eigenvalue weighted by Crippen LogP contribution is -2.49. The monoisotopic (exact) mass is 283 g/mol. The minimum atomic E-state index is -0.433. The van der Waals surface area contributed by atoms with E-state index in [9.17, 15) is 4.79 Å². The van der Waals surface area contributed by atoms with Gasteiger partial charge in [0.05, 0.1) is 10.4 Å². The second kappa shape index (κ2) is 6.45. The quantitative estimate of drug-likeness (QED) is 0.840. The molecular formula is C13H21N3O2S. The third kappa shape index (κ3) is 3.52. The first-order valence-electron chi connectivity index (χ1n) is 6.63. The lowest BCUT2D eigenvalue weighted by Gasteiger charge is -2.34. The van der Waals surface area contributed by atoms with Crippen molar-refractivity contribution in [3.8, 4) is 0 Å². The molecule has 0 aliphatic carbocycles. The first kappa shape index (κ1) is 14.4. The second-order valence-electron chi connectivity index (χ2n) is 4.99. The van der Waals surface area contributed by atoms with Crippen LogP contribution in [0.25, 0.3) is 0 Å². The Balaban J connectivity index is 1.82. The molecule has 0 spiro atoms. The van der Waals surface area contributed by atoms with Crippen LogP contribution in [0.1, 0.15) is 23.5 Å². The van der Waals surface area contributed by atoms with Gasteiger partial charge in [0.25, 0.3) is 0 Å². The van der Waals surface area contributed by atoms with E-state index in [1.54, 1.807) is 11.3 Å². The van der Waals surface area contributed by atoms with E-state index < -0.39 is 5.41 Å². The second-order valence-corrected chi connectivity index (χ2v) is 5.93. The molecule has 3 N–H and O–H groups in total. The fourth-order valence-corrected chi connectivity index (χ4v) is 3.05. The molecule has 2 rings (SSSR count). The molecule has 0 atom stereocenters. The maximum absolute atomic E-state index is 12.3. The summed E-state index contributed by atoms with van der Waals surface area (Å²) in [5.41, 5.74) is 6.40. The average Bonchev–Trinajstić information content (AvgIpc) is 2.85. The Morgan fingerprint density at radius 3 is 2.89 bits per heavy atom. The van der Waals surface area contributed by atoms with Gasteiger partial charge >= 0.3 is 0 Å². The number of nitrogens with one attached hydrogen (secondary N) is 1. The van der Waals surface area contributed by atoms with Gasteiger partial charge < -0.3 is 15.8 Å². The Kier molecular flexibility index (Phi) is 4.90. The molecule has 0 unspecified atom stereocenters. The van der Waals surface area contributed by atoms with Gasteiger partial charge in [-0.05, 0) is 19.8 Å². The van der Waals surface area contributed by atoms with Crippen LogP contribution in [0, 0.1) is 12.3 Å². The van der Waals surface area contributed by atoms with E-state index in [0.29, 0.717) is 39.1 Å². The first-order chi connectivity index (χ1) is 9.16. The molecule has 1 aliphatic rings. The fourth-order valence-electron chi connectivity index (χ4n) is 2.27. The molecule has 0 bridgehead atoms. The van der Waals surface area contributed by atoms with E-state index in [1.807, 2.05) is 12.3 Å². The van der Waals surface area contributed by atoms with E-state index >= 15 is 0 Å². The number of nitrogens with two attached hydrogens (primary N) is 1. The van der Waals surface area contributed by atoms with Crippen LogP contribution >= 0.6 is 11.3 Å². The molecule has 1 fully saturated rings. The summed E-state index contributed by atoms with van der Waals surface area (Å²) >= 11 is 1.63. The summed E-state index contributed by atoms with van der Waals surface area (Å²) in [5.74, 6) is 0.0616. The predicted molar refractivity (Wildman–Crippen MR) is 75.1 cm³/mol. The zero-order valence-corrected chi connectivity index (χ0v) is 12.1. The molecule has 1 saturated heterocycles. The van der Waals surface area contributed by atoms with Gasteiger partial charge in [0.2, 0.25) is 5.91 Å². The van der Waals surface area contributed by atoms with Crippen molar-refractivity contribution in [1.82, 2.24) is 10.3 Å². The zero-order chi connectivity index (χ0) is 13.7. The zero-order valence-electron chi connectivity index (χ0n) is 11.3. The summed E-state index contributed by atoms with van der Waals surface area (Å²) in [6.45, 7) is 4.23. The Morgan fingerprint density at radius 1 is 1.58 bits per heavy atom. The smallest absolute Gasteiger partial charge is 0.227 e. The Labute approximate surface area is 117 Å². The van der Waals surface area contributed by atoms with Gasteiger partial charge in [-0.2, -0.15) is 0 Å². The van der Waals surface area contributed by atoms with E-state index in [1.165, 1.54) is 0 Å². The number of amides is 1. The van der Waals surface area contributed by atoms with Crippen LogP contribution < -0.4 is 11.1 Å². The highest BCUT2D eigenvalue weighted by atomic mass is 32.1. The number of aryl methyl sites for hydroxylation is 1. The van der Waals surface area contributed by atoms with Gasteiger partial charge in [0.1, 0.15) is 0 Å². The van der Waals surface area contributed by atoms with E-state index in [-0.39, 0.29) is 5.91 Å². The third-order valence-electron chi connectivity index (χ3n) is 3.61. The van der Waals surface area contributed by atoms with E-state index in [0.717, 1.165) is 17.1 Å². The maximum Gasteiger partial charge on any atom is 0.227 e. The van der Waals surface area contributed by atoms with E-state index in [4.69, 9.17) is 10.5 Å². The molecule has 1 aromatic heterocycles. The molecule has 5 nitrogen and oxygen atoms in total. The summed E-state index contributed by atoms with van der Waals surface area (Å²) in [4.78, 5) is 16.7. The Bertz CT molecular complexity index is 427. The summed E-state index contributed by atoms with van der Waals surface area (Å²) in [7, 11) is 0. The largest absolute Gasteiger partial charge is 0.381 e. The normalized spacial score (nSPS) is 18.2. The molecule has 1 aromatic rings. The molecule has 0 saturated carbocycles. The van der Waals surface area contributed by atoms with Crippen molar-refractivity contribution in [1.29, 1.82) is 0 Å². The van der Waals surface area contributed by atoms with Crippen molar-refractivity contribution < 1.29 is 9.53 Å². The van der Waals surface area contributed by atoms with Crippen LogP contribution in [0.2, 0.25) is 0 Å². The molecule has 1 aliphatic heterocycles. The minimum absolute atomic E-state index is 0.0616. The molecule has 106 valence electrons. The number of aromatic nitrogens is 1. The summed E-state index contributed by atoms with van der Waals surface area (Å²) in [6, 6.07) is 0. The molecule has 6 heteroatoms. The first-order valence-corrected chi connectivity index (χ1v) is 7.51. The highest BCUT2D eigenvalue weighted by molar-refractivity contribution is 7.09. The van der Waals surface area contributed by atoms with Crippen LogP contribution in [-0.2, 0) is 16.0 Å². The van der Waals surface area contributed by atoms with Crippen LogP contribution in [0.5, 0.6) is 0 Å². The van der Waals surface area contributed by atoms with Gasteiger partial charge in [-0.3, -0.25) is 4.79 Å². The third-order valence-corrected chi connectivity index (χ3v) is 4.64. The molecule has 1 amide bonds.